The largest absolute Gasteiger partial charge is 0.392 e. The van der Waals surface area contributed by atoms with Crippen LogP contribution in [0.25, 0.3) is 10.9 Å². The van der Waals surface area contributed by atoms with E-state index in [0.717, 1.165) is 22.5 Å². The number of benzene rings is 2. The molecule has 1 N–H and O–H groups in total. The lowest BCUT2D eigenvalue weighted by Crippen LogP contribution is -2.01. The Balaban J connectivity index is 2.09. The molecule has 21 heavy (non-hydrogen) atoms. The van der Waals surface area contributed by atoms with Gasteiger partial charge in [-0.3, -0.25) is 0 Å². The summed E-state index contributed by atoms with van der Waals surface area (Å²) in [6, 6.07) is 8.83. The molecule has 0 atom stereocenters. The van der Waals surface area contributed by atoms with Crippen LogP contribution in [-0.2, 0) is 13.2 Å². The molecule has 2 nitrogen and oxygen atoms in total. The van der Waals surface area contributed by atoms with Crippen LogP contribution in [0.15, 0.2) is 42.6 Å². The maximum Gasteiger partial charge on any atom is 0.131 e. The molecule has 0 amide bonds. The van der Waals surface area contributed by atoms with Crippen molar-refractivity contribution in [1.82, 2.24) is 4.57 Å². The fraction of sp³-hybridized carbons (Fsp3) is 0.125. The van der Waals surface area contributed by atoms with Gasteiger partial charge in [-0.2, -0.15) is 0 Å². The Morgan fingerprint density at radius 2 is 1.86 bits per heavy atom. The molecule has 0 aliphatic rings. The minimum atomic E-state index is -0.604. The third kappa shape index (κ3) is 2.64. The normalized spacial score (nSPS) is 11.2. The molecule has 0 fully saturated rings. The van der Waals surface area contributed by atoms with Crippen LogP contribution in [0.3, 0.4) is 0 Å². The lowest BCUT2D eigenvalue weighted by atomic mass is 10.2. The van der Waals surface area contributed by atoms with Crippen molar-refractivity contribution < 1.29 is 13.9 Å². The van der Waals surface area contributed by atoms with Crippen molar-refractivity contribution >= 4 is 22.5 Å². The molecule has 0 aliphatic heterocycles. The molecule has 0 saturated heterocycles. The summed E-state index contributed by atoms with van der Waals surface area (Å²) in [5, 5.41) is 10.8. The third-order valence-electron chi connectivity index (χ3n) is 3.45. The molecule has 108 valence electrons. The summed E-state index contributed by atoms with van der Waals surface area (Å²) in [4.78, 5) is 0. The van der Waals surface area contributed by atoms with Gasteiger partial charge in [-0.1, -0.05) is 23.7 Å². The van der Waals surface area contributed by atoms with Gasteiger partial charge in [-0.05, 0) is 18.2 Å². The summed E-state index contributed by atoms with van der Waals surface area (Å²) in [5.41, 5.74) is 1.91. The summed E-state index contributed by atoms with van der Waals surface area (Å²) in [5.74, 6) is -1.20. The first-order chi connectivity index (χ1) is 10.1. The van der Waals surface area contributed by atoms with Gasteiger partial charge in [-0.25, -0.2) is 8.78 Å². The Bertz CT molecular complexity index is 813. The van der Waals surface area contributed by atoms with Gasteiger partial charge < -0.3 is 9.67 Å². The maximum absolute atomic E-state index is 13.8. The van der Waals surface area contributed by atoms with Gasteiger partial charge >= 0.3 is 0 Å². The predicted octanol–water partition coefficient (Wildman–Crippen LogP) is 4.11. The average molecular weight is 308 g/mol. The van der Waals surface area contributed by atoms with E-state index in [1.807, 2.05) is 6.07 Å². The molecule has 0 aliphatic carbocycles. The minimum absolute atomic E-state index is 0.114. The maximum atomic E-state index is 13.8. The van der Waals surface area contributed by atoms with Crippen molar-refractivity contribution in [3.8, 4) is 0 Å². The average Bonchev–Trinajstić information content (AvgIpc) is 2.79. The number of hydrogen-bond donors (Lipinski definition) is 1. The molecule has 0 unspecified atom stereocenters. The SMILES string of the molecule is OCc1cn(Cc2ccc(F)cc2F)c2cc(Cl)ccc12. The van der Waals surface area contributed by atoms with Crippen LogP contribution in [0.5, 0.6) is 0 Å². The molecule has 1 aromatic heterocycles. The minimum Gasteiger partial charge on any atom is -0.392 e. The number of rotatable bonds is 3. The molecule has 5 heteroatoms. The van der Waals surface area contributed by atoms with Crippen molar-refractivity contribution in [2.24, 2.45) is 0 Å². The first-order valence-electron chi connectivity index (χ1n) is 6.40. The highest BCUT2D eigenvalue weighted by Gasteiger charge is 2.11. The second-order valence-corrected chi connectivity index (χ2v) is 5.27. The van der Waals surface area contributed by atoms with E-state index >= 15 is 0 Å². The van der Waals surface area contributed by atoms with Gasteiger partial charge in [0, 0.05) is 33.8 Å². The zero-order valence-corrected chi connectivity index (χ0v) is 11.7. The van der Waals surface area contributed by atoms with Gasteiger partial charge in [0.05, 0.1) is 18.7 Å². The van der Waals surface area contributed by atoms with Gasteiger partial charge in [0.2, 0.25) is 0 Å². The summed E-state index contributed by atoms with van der Waals surface area (Å²) in [6.07, 6.45) is 1.75. The highest BCUT2D eigenvalue weighted by atomic mass is 35.5. The van der Waals surface area contributed by atoms with E-state index in [2.05, 4.69) is 0 Å². The number of fused-ring (bicyclic) bond motifs is 1. The van der Waals surface area contributed by atoms with Crippen molar-refractivity contribution in [2.45, 2.75) is 13.2 Å². The molecule has 0 bridgehead atoms. The zero-order chi connectivity index (χ0) is 15.0. The summed E-state index contributed by atoms with van der Waals surface area (Å²) in [7, 11) is 0. The number of aliphatic hydroxyl groups is 1. The van der Waals surface area contributed by atoms with E-state index in [0.29, 0.717) is 10.6 Å². The lowest BCUT2D eigenvalue weighted by Gasteiger charge is -2.07. The molecule has 0 spiro atoms. The van der Waals surface area contributed by atoms with Gasteiger partial charge in [0.25, 0.3) is 0 Å². The monoisotopic (exact) mass is 307 g/mol. The quantitative estimate of drug-likeness (QED) is 0.774. The van der Waals surface area contributed by atoms with E-state index in [-0.39, 0.29) is 13.2 Å². The molecule has 0 radical (unpaired) electrons. The van der Waals surface area contributed by atoms with Gasteiger partial charge in [-0.15, -0.1) is 0 Å². The first kappa shape index (κ1) is 14.0. The number of halogens is 3. The Morgan fingerprint density at radius 3 is 2.57 bits per heavy atom. The topological polar surface area (TPSA) is 25.2 Å². The molecular formula is C16H12ClF2NO. The van der Waals surface area contributed by atoms with E-state index in [1.54, 1.807) is 22.9 Å². The number of aromatic nitrogens is 1. The smallest absolute Gasteiger partial charge is 0.131 e. The van der Waals surface area contributed by atoms with E-state index in [1.165, 1.54) is 12.1 Å². The van der Waals surface area contributed by atoms with Crippen molar-refractivity contribution in [1.29, 1.82) is 0 Å². The number of nitrogens with zero attached hydrogens (tertiary/aromatic N) is 1. The molecular weight excluding hydrogens is 296 g/mol. The van der Waals surface area contributed by atoms with Crippen LogP contribution in [0.2, 0.25) is 5.02 Å². The highest BCUT2D eigenvalue weighted by molar-refractivity contribution is 6.31. The van der Waals surface area contributed by atoms with E-state index < -0.39 is 11.6 Å². The number of aliphatic hydroxyl groups excluding tert-OH is 1. The standard InChI is InChI=1S/C16H12ClF2NO/c17-12-2-4-14-11(9-21)8-20(16(14)5-12)7-10-1-3-13(18)6-15(10)19/h1-6,8,21H,7,9H2. The molecule has 3 aromatic rings. The van der Waals surface area contributed by atoms with Crippen molar-refractivity contribution in [2.75, 3.05) is 0 Å². The summed E-state index contributed by atoms with van der Waals surface area (Å²) < 4.78 is 28.5. The second kappa shape index (κ2) is 5.47. The van der Waals surface area contributed by atoms with Gasteiger partial charge in [0.1, 0.15) is 11.6 Å². The number of hydrogen-bond acceptors (Lipinski definition) is 1. The first-order valence-corrected chi connectivity index (χ1v) is 6.78. The van der Waals surface area contributed by atoms with Crippen LogP contribution in [0.1, 0.15) is 11.1 Å². The molecule has 3 rings (SSSR count). The fourth-order valence-electron chi connectivity index (χ4n) is 2.43. The van der Waals surface area contributed by atoms with E-state index in [4.69, 9.17) is 11.6 Å². The summed E-state index contributed by atoms with van der Waals surface area (Å²) >= 11 is 6.00. The summed E-state index contributed by atoms with van der Waals surface area (Å²) in [6.45, 7) is 0.125. The molecule has 2 aromatic carbocycles. The second-order valence-electron chi connectivity index (χ2n) is 4.84. The van der Waals surface area contributed by atoms with Crippen molar-refractivity contribution in [3.05, 3.63) is 70.4 Å². The Labute approximate surface area is 125 Å². The van der Waals surface area contributed by atoms with Crippen LogP contribution >= 0.6 is 11.6 Å². The van der Waals surface area contributed by atoms with Crippen LogP contribution in [-0.4, -0.2) is 9.67 Å². The van der Waals surface area contributed by atoms with Crippen LogP contribution in [0.4, 0.5) is 8.78 Å². The van der Waals surface area contributed by atoms with Gasteiger partial charge in [0.15, 0.2) is 0 Å². The Hall–Kier alpha value is -1.91. The Morgan fingerprint density at radius 1 is 1.05 bits per heavy atom. The highest BCUT2D eigenvalue weighted by Crippen LogP contribution is 2.26. The van der Waals surface area contributed by atoms with Crippen molar-refractivity contribution in [3.63, 3.8) is 0 Å². The fourth-order valence-corrected chi connectivity index (χ4v) is 2.60. The lowest BCUT2D eigenvalue weighted by molar-refractivity contribution is 0.283. The predicted molar refractivity (Wildman–Crippen MR) is 78.3 cm³/mol. The van der Waals surface area contributed by atoms with E-state index in [9.17, 15) is 13.9 Å². The zero-order valence-electron chi connectivity index (χ0n) is 11.0. The third-order valence-corrected chi connectivity index (χ3v) is 3.69. The Kier molecular flexibility index (Phi) is 3.66. The van der Waals surface area contributed by atoms with Crippen LogP contribution in [0, 0.1) is 11.6 Å². The molecule has 0 saturated carbocycles. The van der Waals surface area contributed by atoms with Crippen LogP contribution < -0.4 is 0 Å². The molecule has 1 heterocycles.